The fraction of sp³-hybridized carbons (Fsp3) is 0.524. The summed E-state index contributed by atoms with van der Waals surface area (Å²) >= 11 is 0. The van der Waals surface area contributed by atoms with Crippen molar-refractivity contribution in [3.8, 4) is 0 Å². The minimum atomic E-state index is -1.10. The quantitative estimate of drug-likeness (QED) is 0.572. The Kier molecular flexibility index (Phi) is 5.82. The molecule has 0 saturated heterocycles. The normalized spacial score (nSPS) is 22.6. The van der Waals surface area contributed by atoms with Crippen LogP contribution >= 0.6 is 0 Å². The SMILES string of the molecule is CC1CCC(N(C)C(=O)COC(=O)[C@@H](C)N2C(=O)c3ccccc3C2=O)CC1. The van der Waals surface area contributed by atoms with E-state index in [9.17, 15) is 19.2 Å². The van der Waals surface area contributed by atoms with E-state index in [1.165, 1.54) is 6.92 Å². The molecule has 0 spiro atoms. The molecule has 1 heterocycles. The molecule has 0 aromatic heterocycles. The summed E-state index contributed by atoms with van der Waals surface area (Å²) in [5.41, 5.74) is 0.545. The second-order valence-corrected chi connectivity index (χ2v) is 7.73. The number of imide groups is 1. The lowest BCUT2D eigenvalue weighted by Gasteiger charge is -2.33. The zero-order valence-electron chi connectivity index (χ0n) is 16.5. The Hall–Kier alpha value is -2.70. The van der Waals surface area contributed by atoms with Crippen molar-refractivity contribution >= 4 is 23.7 Å². The molecule has 1 saturated carbocycles. The zero-order valence-corrected chi connectivity index (χ0v) is 16.5. The Morgan fingerprint density at radius 1 is 1.11 bits per heavy atom. The number of carbonyl (C=O) groups excluding carboxylic acids is 4. The summed E-state index contributed by atoms with van der Waals surface area (Å²) in [6, 6.07) is 5.50. The molecule has 150 valence electrons. The molecule has 2 aliphatic rings. The van der Waals surface area contributed by atoms with Crippen molar-refractivity contribution in [3.63, 3.8) is 0 Å². The van der Waals surface area contributed by atoms with Gasteiger partial charge < -0.3 is 9.64 Å². The highest BCUT2D eigenvalue weighted by atomic mass is 16.5. The molecule has 1 atom stereocenters. The van der Waals surface area contributed by atoms with Crippen LogP contribution in [0.15, 0.2) is 24.3 Å². The molecule has 1 aromatic carbocycles. The van der Waals surface area contributed by atoms with Gasteiger partial charge in [-0.25, -0.2) is 4.79 Å². The molecule has 3 rings (SSSR count). The first-order valence-electron chi connectivity index (χ1n) is 9.70. The van der Waals surface area contributed by atoms with Crippen LogP contribution < -0.4 is 0 Å². The van der Waals surface area contributed by atoms with Crippen LogP contribution in [0.3, 0.4) is 0 Å². The molecular formula is C21H26N2O5. The molecule has 0 unspecified atom stereocenters. The highest BCUT2D eigenvalue weighted by molar-refractivity contribution is 6.22. The van der Waals surface area contributed by atoms with E-state index in [1.807, 2.05) is 0 Å². The Morgan fingerprint density at radius 3 is 2.18 bits per heavy atom. The lowest BCUT2D eigenvalue weighted by atomic mass is 9.87. The van der Waals surface area contributed by atoms with E-state index >= 15 is 0 Å². The second kappa shape index (κ2) is 8.12. The summed E-state index contributed by atoms with van der Waals surface area (Å²) < 4.78 is 5.13. The highest BCUT2D eigenvalue weighted by Crippen LogP contribution is 2.27. The standard InChI is InChI=1S/C21H26N2O5/c1-13-8-10-15(11-9-13)22(3)18(24)12-28-21(27)14(2)23-19(25)16-6-4-5-7-17(16)20(23)26/h4-7,13-15H,8-12H2,1-3H3/t13?,14-,15?/m1/s1. The molecule has 28 heavy (non-hydrogen) atoms. The molecule has 1 aliphatic heterocycles. The predicted molar refractivity (Wildman–Crippen MR) is 102 cm³/mol. The second-order valence-electron chi connectivity index (χ2n) is 7.73. The highest BCUT2D eigenvalue weighted by Gasteiger charge is 2.41. The number of hydrogen-bond donors (Lipinski definition) is 0. The van der Waals surface area contributed by atoms with E-state index in [0.717, 1.165) is 30.6 Å². The van der Waals surface area contributed by atoms with Crippen molar-refractivity contribution in [3.05, 3.63) is 35.4 Å². The molecule has 0 radical (unpaired) electrons. The third kappa shape index (κ3) is 3.79. The summed E-state index contributed by atoms with van der Waals surface area (Å²) in [4.78, 5) is 52.2. The van der Waals surface area contributed by atoms with Crippen LogP contribution in [0.5, 0.6) is 0 Å². The van der Waals surface area contributed by atoms with Crippen molar-refractivity contribution in [2.24, 2.45) is 5.92 Å². The van der Waals surface area contributed by atoms with Gasteiger partial charge in [-0.2, -0.15) is 0 Å². The Balaban J connectivity index is 1.56. The molecule has 3 amide bonds. The van der Waals surface area contributed by atoms with Gasteiger partial charge in [0.2, 0.25) is 0 Å². The summed E-state index contributed by atoms with van der Waals surface area (Å²) in [7, 11) is 1.73. The molecule has 0 N–H and O–H groups in total. The van der Waals surface area contributed by atoms with Gasteiger partial charge >= 0.3 is 5.97 Å². The van der Waals surface area contributed by atoms with Gasteiger partial charge in [0.1, 0.15) is 6.04 Å². The maximum absolute atomic E-state index is 12.5. The maximum atomic E-state index is 12.5. The first-order chi connectivity index (χ1) is 13.3. The molecule has 7 nitrogen and oxygen atoms in total. The van der Waals surface area contributed by atoms with Crippen LogP contribution in [0.2, 0.25) is 0 Å². The smallest absolute Gasteiger partial charge is 0.329 e. The zero-order chi connectivity index (χ0) is 20.4. The van der Waals surface area contributed by atoms with Crippen molar-refractivity contribution < 1.29 is 23.9 Å². The van der Waals surface area contributed by atoms with Crippen LogP contribution in [0.1, 0.15) is 60.2 Å². The fourth-order valence-electron chi connectivity index (χ4n) is 3.85. The van der Waals surface area contributed by atoms with Gasteiger partial charge in [-0.05, 0) is 50.7 Å². The van der Waals surface area contributed by atoms with Crippen molar-refractivity contribution in [2.45, 2.75) is 51.6 Å². The van der Waals surface area contributed by atoms with Gasteiger partial charge in [0.05, 0.1) is 11.1 Å². The third-order valence-corrected chi connectivity index (χ3v) is 5.82. The van der Waals surface area contributed by atoms with E-state index in [2.05, 4.69) is 6.92 Å². The van der Waals surface area contributed by atoms with Crippen LogP contribution in [0.4, 0.5) is 0 Å². The number of amides is 3. The van der Waals surface area contributed by atoms with Gasteiger partial charge in [-0.1, -0.05) is 19.1 Å². The molecule has 1 aliphatic carbocycles. The van der Waals surface area contributed by atoms with Crippen molar-refractivity contribution in [1.82, 2.24) is 9.80 Å². The van der Waals surface area contributed by atoms with Gasteiger partial charge in [-0.3, -0.25) is 19.3 Å². The van der Waals surface area contributed by atoms with Gasteiger partial charge in [0.15, 0.2) is 6.61 Å². The molecule has 1 aromatic rings. The van der Waals surface area contributed by atoms with Gasteiger partial charge in [0, 0.05) is 13.1 Å². The summed E-state index contributed by atoms with van der Waals surface area (Å²) in [5, 5.41) is 0. The van der Waals surface area contributed by atoms with E-state index in [-0.39, 0.29) is 23.1 Å². The monoisotopic (exact) mass is 386 g/mol. The van der Waals surface area contributed by atoms with Crippen LogP contribution in [0, 0.1) is 5.92 Å². The number of nitrogens with zero attached hydrogens (tertiary/aromatic N) is 2. The Labute approximate surface area is 164 Å². The number of likely N-dealkylation sites (N-methyl/N-ethyl adjacent to an activating group) is 1. The summed E-state index contributed by atoms with van der Waals surface area (Å²) in [6.07, 6.45) is 4.06. The Morgan fingerprint density at radius 2 is 1.64 bits per heavy atom. The van der Waals surface area contributed by atoms with Crippen molar-refractivity contribution in [1.29, 1.82) is 0 Å². The van der Waals surface area contributed by atoms with E-state index < -0.39 is 30.4 Å². The average Bonchev–Trinajstić information content (AvgIpc) is 2.96. The number of fused-ring (bicyclic) bond motifs is 1. The number of esters is 1. The van der Waals surface area contributed by atoms with E-state index in [1.54, 1.807) is 36.2 Å². The first kappa shape index (κ1) is 20.0. The molecule has 1 fully saturated rings. The van der Waals surface area contributed by atoms with Crippen LogP contribution in [-0.4, -0.2) is 59.2 Å². The minimum absolute atomic E-state index is 0.163. The van der Waals surface area contributed by atoms with Crippen molar-refractivity contribution in [2.75, 3.05) is 13.7 Å². The lowest BCUT2D eigenvalue weighted by molar-refractivity contribution is -0.155. The molecule has 0 bridgehead atoms. The number of rotatable bonds is 5. The lowest BCUT2D eigenvalue weighted by Crippen LogP contribution is -2.45. The Bertz CT molecular complexity index is 763. The summed E-state index contributed by atoms with van der Waals surface area (Å²) in [5.74, 6) is -1.41. The molecular weight excluding hydrogens is 360 g/mol. The van der Waals surface area contributed by atoms with E-state index in [0.29, 0.717) is 5.92 Å². The largest absolute Gasteiger partial charge is 0.454 e. The van der Waals surface area contributed by atoms with Crippen LogP contribution in [0.25, 0.3) is 0 Å². The minimum Gasteiger partial charge on any atom is -0.454 e. The van der Waals surface area contributed by atoms with E-state index in [4.69, 9.17) is 4.74 Å². The molecule has 7 heteroatoms. The maximum Gasteiger partial charge on any atom is 0.329 e. The van der Waals surface area contributed by atoms with Gasteiger partial charge in [-0.15, -0.1) is 0 Å². The fourth-order valence-corrected chi connectivity index (χ4v) is 3.85. The number of carbonyl (C=O) groups is 4. The predicted octanol–water partition coefficient (Wildman–Crippen LogP) is 2.25. The topological polar surface area (TPSA) is 84.0 Å². The number of hydrogen-bond acceptors (Lipinski definition) is 5. The number of ether oxygens (including phenoxy) is 1. The average molecular weight is 386 g/mol. The summed E-state index contributed by atoms with van der Waals surface area (Å²) in [6.45, 7) is 3.25. The number of benzene rings is 1. The third-order valence-electron chi connectivity index (χ3n) is 5.82. The van der Waals surface area contributed by atoms with Crippen LogP contribution in [-0.2, 0) is 14.3 Å². The van der Waals surface area contributed by atoms with Gasteiger partial charge in [0.25, 0.3) is 17.7 Å². The first-order valence-corrected chi connectivity index (χ1v) is 9.70.